The van der Waals surface area contributed by atoms with E-state index in [0.717, 1.165) is 26.8 Å². The number of benzene rings is 3. The smallest absolute Gasteiger partial charge is 0.335 e. The van der Waals surface area contributed by atoms with Gasteiger partial charge in [0.2, 0.25) is 5.91 Å². The lowest BCUT2D eigenvalue weighted by atomic mass is 10.1. The maximum atomic E-state index is 12.6. The number of nitrogens with zero attached hydrogens (tertiary/aromatic N) is 3. The van der Waals surface area contributed by atoms with Gasteiger partial charge >= 0.3 is 5.97 Å². The maximum Gasteiger partial charge on any atom is 0.335 e. The zero-order valence-corrected chi connectivity index (χ0v) is 17.7. The van der Waals surface area contributed by atoms with Gasteiger partial charge in [0.25, 0.3) is 0 Å². The van der Waals surface area contributed by atoms with Crippen LogP contribution in [-0.4, -0.2) is 31.5 Å². The lowest BCUT2D eigenvalue weighted by molar-refractivity contribution is -0.116. The van der Waals surface area contributed by atoms with E-state index in [1.807, 2.05) is 53.1 Å². The first kappa shape index (κ1) is 19.9. The lowest BCUT2D eigenvalue weighted by Gasteiger charge is -2.09. The third-order valence-electron chi connectivity index (χ3n) is 5.15. The van der Waals surface area contributed by atoms with E-state index in [4.69, 9.17) is 10.1 Å². The number of rotatable bonds is 6. The number of anilines is 1. The summed E-state index contributed by atoms with van der Waals surface area (Å²) in [6.07, 6.45) is 0.247. The molecule has 0 atom stereocenters. The fourth-order valence-corrected chi connectivity index (χ4v) is 4.49. The average molecular weight is 443 g/mol. The summed E-state index contributed by atoms with van der Waals surface area (Å²) in [4.78, 5) is 33.0. The van der Waals surface area contributed by atoms with Gasteiger partial charge in [-0.3, -0.25) is 4.79 Å². The molecule has 2 aromatic heterocycles. The van der Waals surface area contributed by atoms with E-state index in [1.54, 1.807) is 24.3 Å². The minimum atomic E-state index is -0.975. The second kappa shape index (κ2) is 8.24. The molecule has 0 aliphatic rings. The molecule has 0 unspecified atom stereocenters. The molecule has 0 aliphatic carbocycles. The van der Waals surface area contributed by atoms with Crippen LogP contribution in [0.2, 0.25) is 0 Å². The summed E-state index contributed by atoms with van der Waals surface area (Å²) in [7, 11) is 0. The second-order valence-corrected chi connectivity index (χ2v) is 8.27. The molecule has 2 heterocycles. The van der Waals surface area contributed by atoms with Crippen molar-refractivity contribution in [2.45, 2.75) is 13.0 Å². The molecular weight excluding hydrogens is 424 g/mol. The number of imidazole rings is 1. The minimum absolute atomic E-state index is 0.131. The van der Waals surface area contributed by atoms with Gasteiger partial charge in [0.15, 0.2) is 5.13 Å². The molecule has 2 N–H and O–H groups in total. The third-order valence-corrected chi connectivity index (χ3v) is 6.10. The summed E-state index contributed by atoms with van der Waals surface area (Å²) in [5, 5.41) is 12.6. The van der Waals surface area contributed by atoms with Crippen molar-refractivity contribution in [3.63, 3.8) is 0 Å². The lowest BCUT2D eigenvalue weighted by Crippen LogP contribution is -2.14. The number of fused-ring (bicyclic) bond motifs is 2. The molecule has 0 saturated carbocycles. The van der Waals surface area contributed by atoms with Crippen LogP contribution in [0.1, 0.15) is 16.8 Å². The van der Waals surface area contributed by atoms with Gasteiger partial charge in [-0.2, -0.15) is 0 Å². The largest absolute Gasteiger partial charge is 0.478 e. The topological polar surface area (TPSA) is 97.1 Å². The number of carboxylic acids is 1. The number of aryl methyl sites for hydroxylation is 1. The number of amides is 1. The van der Waals surface area contributed by atoms with Crippen molar-refractivity contribution in [3.05, 3.63) is 78.4 Å². The molecular formula is C24H18N4O3S. The van der Waals surface area contributed by atoms with Gasteiger partial charge in [0.1, 0.15) is 5.82 Å². The van der Waals surface area contributed by atoms with Gasteiger partial charge in [0.05, 0.1) is 26.8 Å². The zero-order valence-electron chi connectivity index (χ0n) is 16.9. The molecule has 3 aromatic carbocycles. The molecule has 1 amide bonds. The van der Waals surface area contributed by atoms with E-state index in [-0.39, 0.29) is 17.9 Å². The predicted octanol–water partition coefficient (Wildman–Crippen LogP) is 5.04. The van der Waals surface area contributed by atoms with Gasteiger partial charge in [-0.1, -0.05) is 47.7 Å². The van der Waals surface area contributed by atoms with Crippen LogP contribution < -0.4 is 5.32 Å². The van der Waals surface area contributed by atoms with Crippen molar-refractivity contribution in [3.8, 4) is 11.4 Å². The average Bonchev–Trinajstić information content (AvgIpc) is 3.38. The van der Waals surface area contributed by atoms with E-state index >= 15 is 0 Å². The fraction of sp³-hybridized carbons (Fsp3) is 0.0833. The number of carbonyl (C=O) groups is 2. The Kier molecular flexibility index (Phi) is 5.12. The molecule has 0 saturated heterocycles. The van der Waals surface area contributed by atoms with Crippen LogP contribution in [0.25, 0.3) is 32.6 Å². The Morgan fingerprint density at radius 1 is 0.906 bits per heavy atom. The van der Waals surface area contributed by atoms with Gasteiger partial charge < -0.3 is 15.0 Å². The Labute approximate surface area is 187 Å². The van der Waals surface area contributed by atoms with Gasteiger partial charge in [-0.25, -0.2) is 14.8 Å². The normalized spacial score (nSPS) is 11.1. The molecule has 7 nitrogen and oxygen atoms in total. The quantitative estimate of drug-likeness (QED) is 0.384. The fourth-order valence-electron chi connectivity index (χ4n) is 3.60. The third kappa shape index (κ3) is 3.83. The molecule has 5 rings (SSSR count). The number of aromatic carboxylic acids is 1. The predicted molar refractivity (Wildman–Crippen MR) is 125 cm³/mol. The zero-order chi connectivity index (χ0) is 22.1. The first-order valence-corrected chi connectivity index (χ1v) is 10.8. The summed E-state index contributed by atoms with van der Waals surface area (Å²) < 4.78 is 3.01. The summed E-state index contributed by atoms with van der Waals surface area (Å²) in [5.41, 5.74) is 3.60. The number of aromatic nitrogens is 3. The van der Waals surface area contributed by atoms with Gasteiger partial charge in [0, 0.05) is 18.5 Å². The molecule has 0 spiro atoms. The summed E-state index contributed by atoms with van der Waals surface area (Å²) >= 11 is 1.44. The highest BCUT2D eigenvalue weighted by Gasteiger charge is 2.15. The number of para-hydroxylation sites is 3. The standard InChI is InChI=1S/C24H18N4O3S/c29-21(27-24-26-18-6-2-4-8-20(18)32-24)13-14-28-19-7-3-1-5-17(19)25-22(28)15-9-11-16(12-10-15)23(30)31/h1-12H,13-14H2,(H,30,31)(H,26,27,29). The molecule has 8 heteroatoms. The van der Waals surface area contributed by atoms with E-state index in [2.05, 4.69) is 10.3 Å². The number of thiazole rings is 1. The number of nitrogens with one attached hydrogen (secondary N) is 1. The van der Waals surface area contributed by atoms with Crippen molar-refractivity contribution >= 4 is 49.6 Å². The summed E-state index contributed by atoms with van der Waals surface area (Å²) in [5.74, 6) is -0.415. The van der Waals surface area contributed by atoms with Crippen molar-refractivity contribution in [2.75, 3.05) is 5.32 Å². The first-order chi connectivity index (χ1) is 15.6. The molecule has 0 bridgehead atoms. The number of hydrogen-bond donors (Lipinski definition) is 2. The second-order valence-electron chi connectivity index (χ2n) is 7.24. The molecule has 158 valence electrons. The summed E-state index contributed by atoms with van der Waals surface area (Å²) in [6.45, 7) is 0.424. The van der Waals surface area contributed by atoms with Crippen molar-refractivity contribution in [1.29, 1.82) is 0 Å². The SMILES string of the molecule is O=C(CCn1c(-c2ccc(C(=O)O)cc2)nc2ccccc21)Nc1nc2ccccc2s1. The molecule has 5 aromatic rings. The van der Waals surface area contributed by atoms with Gasteiger partial charge in [-0.15, -0.1) is 0 Å². The molecule has 0 fully saturated rings. The Morgan fingerprint density at radius 3 is 2.38 bits per heavy atom. The van der Waals surface area contributed by atoms with E-state index in [1.165, 1.54) is 11.3 Å². The van der Waals surface area contributed by atoms with Crippen molar-refractivity contribution in [1.82, 2.24) is 14.5 Å². The molecule has 32 heavy (non-hydrogen) atoms. The van der Waals surface area contributed by atoms with Crippen LogP contribution in [-0.2, 0) is 11.3 Å². The Morgan fingerprint density at radius 2 is 1.62 bits per heavy atom. The van der Waals surface area contributed by atoms with E-state index < -0.39 is 5.97 Å². The molecule has 0 radical (unpaired) electrons. The van der Waals surface area contributed by atoms with Crippen LogP contribution >= 0.6 is 11.3 Å². The van der Waals surface area contributed by atoms with Crippen LogP contribution in [0.3, 0.4) is 0 Å². The summed E-state index contributed by atoms with van der Waals surface area (Å²) in [6, 6.07) is 22.1. The van der Waals surface area contributed by atoms with Crippen LogP contribution in [0, 0.1) is 0 Å². The van der Waals surface area contributed by atoms with Crippen LogP contribution in [0.15, 0.2) is 72.8 Å². The van der Waals surface area contributed by atoms with Crippen LogP contribution in [0.4, 0.5) is 5.13 Å². The Balaban J connectivity index is 1.39. The Bertz CT molecular complexity index is 1420. The Hall–Kier alpha value is -4.04. The first-order valence-electron chi connectivity index (χ1n) is 10.0. The monoisotopic (exact) mass is 442 g/mol. The van der Waals surface area contributed by atoms with E-state index in [9.17, 15) is 9.59 Å². The highest BCUT2D eigenvalue weighted by Crippen LogP contribution is 2.27. The van der Waals surface area contributed by atoms with E-state index in [0.29, 0.717) is 17.5 Å². The van der Waals surface area contributed by atoms with Gasteiger partial charge in [-0.05, 0) is 36.4 Å². The minimum Gasteiger partial charge on any atom is -0.478 e. The highest BCUT2D eigenvalue weighted by molar-refractivity contribution is 7.22. The van der Waals surface area contributed by atoms with Crippen molar-refractivity contribution < 1.29 is 14.7 Å². The highest BCUT2D eigenvalue weighted by atomic mass is 32.1. The van der Waals surface area contributed by atoms with Crippen LogP contribution in [0.5, 0.6) is 0 Å². The maximum absolute atomic E-state index is 12.6. The molecule has 0 aliphatic heterocycles. The van der Waals surface area contributed by atoms with Crippen molar-refractivity contribution in [2.24, 2.45) is 0 Å². The number of carboxylic acid groups (broad SMARTS) is 1. The number of hydrogen-bond acceptors (Lipinski definition) is 5. The number of carbonyl (C=O) groups excluding carboxylic acids is 1.